The van der Waals surface area contributed by atoms with Gasteiger partial charge in [-0.25, -0.2) is 13.2 Å². The number of anilines is 1. The molecule has 0 radical (unpaired) electrons. The number of piperidine rings is 1. The highest BCUT2D eigenvalue weighted by Gasteiger charge is 2.33. The van der Waals surface area contributed by atoms with Crippen molar-refractivity contribution in [3.63, 3.8) is 0 Å². The van der Waals surface area contributed by atoms with Crippen LogP contribution in [0.25, 0.3) is 0 Å². The number of nitrogens with one attached hydrogen (secondary N) is 2. The molecule has 2 N–H and O–H groups in total. The predicted octanol–water partition coefficient (Wildman–Crippen LogP) is 2.80. The van der Waals surface area contributed by atoms with Crippen LogP contribution >= 0.6 is 11.3 Å². The van der Waals surface area contributed by atoms with E-state index in [-0.39, 0.29) is 4.90 Å². The number of carbonyl (C=O) groups excluding carboxylic acids is 2. The zero-order valence-electron chi connectivity index (χ0n) is 21.6. The fourth-order valence-corrected chi connectivity index (χ4v) is 8.27. The second kappa shape index (κ2) is 10.6. The normalized spacial score (nSPS) is 22.8. The number of hydrogen-bond acceptors (Lipinski definition) is 6. The van der Waals surface area contributed by atoms with Crippen LogP contribution < -0.4 is 10.2 Å². The maximum atomic E-state index is 13.2. The van der Waals surface area contributed by atoms with Gasteiger partial charge in [0.05, 0.1) is 35.0 Å². The summed E-state index contributed by atoms with van der Waals surface area (Å²) in [5.74, 6) is -0.231. The third kappa shape index (κ3) is 5.37. The number of carbonyl (C=O) groups is 2. The number of esters is 1. The molecule has 0 bridgehead atoms. The minimum Gasteiger partial charge on any atom is -0.465 e. The van der Waals surface area contributed by atoms with E-state index in [4.69, 9.17) is 4.74 Å². The topological polar surface area (TPSA) is 97.2 Å². The molecule has 36 heavy (non-hydrogen) atoms. The van der Waals surface area contributed by atoms with Crippen LogP contribution in [0.2, 0.25) is 0 Å². The summed E-state index contributed by atoms with van der Waals surface area (Å²) >= 11 is 1.42. The molecular formula is C26H36N3O5S2+. The molecule has 0 spiro atoms. The number of amides is 1. The molecule has 10 heteroatoms. The van der Waals surface area contributed by atoms with Gasteiger partial charge < -0.3 is 15.0 Å². The Morgan fingerprint density at radius 2 is 1.78 bits per heavy atom. The van der Waals surface area contributed by atoms with Crippen molar-refractivity contribution in [2.75, 3.05) is 32.1 Å². The molecule has 1 saturated heterocycles. The third-order valence-corrected chi connectivity index (χ3v) is 10.2. The number of ether oxygens (including phenoxy) is 1. The van der Waals surface area contributed by atoms with Crippen LogP contribution in [0.15, 0.2) is 29.2 Å². The second-order valence-corrected chi connectivity index (χ2v) is 13.5. The van der Waals surface area contributed by atoms with E-state index in [2.05, 4.69) is 33.0 Å². The van der Waals surface area contributed by atoms with Crippen molar-refractivity contribution >= 4 is 38.2 Å². The molecule has 4 rings (SSSR count). The van der Waals surface area contributed by atoms with Gasteiger partial charge >= 0.3 is 5.97 Å². The molecule has 1 amide bonds. The maximum absolute atomic E-state index is 13.2. The van der Waals surface area contributed by atoms with Crippen molar-refractivity contribution in [1.29, 1.82) is 0 Å². The summed E-state index contributed by atoms with van der Waals surface area (Å²) in [4.78, 5) is 28.4. The minimum absolute atomic E-state index is 0.180. The van der Waals surface area contributed by atoms with Gasteiger partial charge in [0.2, 0.25) is 10.0 Å². The van der Waals surface area contributed by atoms with Crippen molar-refractivity contribution in [2.45, 2.75) is 58.0 Å². The number of fused-ring (bicyclic) bond motifs is 1. The highest BCUT2D eigenvalue weighted by molar-refractivity contribution is 7.89. The molecule has 1 fully saturated rings. The Morgan fingerprint density at radius 1 is 1.14 bits per heavy atom. The molecule has 2 aliphatic heterocycles. The van der Waals surface area contributed by atoms with Crippen LogP contribution in [-0.4, -0.2) is 57.4 Å². The van der Waals surface area contributed by atoms with E-state index in [0.717, 1.165) is 36.4 Å². The number of nitrogens with zero attached hydrogens (tertiary/aromatic N) is 1. The standard InChI is InChI=1S/C26H35N3O5S2/c1-16(2)28-11-10-21-22(15-28)35-25(23(21)26(31)34-5)27-24(30)19-6-8-20(9-7-19)36(32,33)29-13-17(3)12-18(4)14-29/h6-9,16-18H,10-15H2,1-5H3,(H,27,30)/p+1. The maximum Gasteiger partial charge on any atom is 0.341 e. The fraction of sp³-hybridized carbons (Fsp3) is 0.538. The Kier molecular flexibility index (Phi) is 7.89. The number of quaternary nitrogens is 1. The number of rotatable bonds is 6. The first-order valence-corrected chi connectivity index (χ1v) is 14.8. The molecule has 1 aromatic heterocycles. The number of sulfonamides is 1. The van der Waals surface area contributed by atoms with E-state index in [1.807, 2.05) is 0 Å². The predicted molar refractivity (Wildman–Crippen MR) is 140 cm³/mol. The highest BCUT2D eigenvalue weighted by atomic mass is 32.2. The minimum atomic E-state index is -3.62. The summed E-state index contributed by atoms with van der Waals surface area (Å²) in [7, 11) is -2.28. The number of thiophene rings is 1. The molecule has 0 aliphatic carbocycles. The SMILES string of the molecule is COC(=O)c1c(NC(=O)c2ccc(S(=O)(=O)N3CC(C)CC(C)C3)cc2)sc2c1CC[NH+](C(C)C)C2. The van der Waals surface area contributed by atoms with Gasteiger partial charge in [0.25, 0.3) is 5.91 Å². The Morgan fingerprint density at radius 3 is 2.36 bits per heavy atom. The molecular weight excluding hydrogens is 498 g/mol. The summed E-state index contributed by atoms with van der Waals surface area (Å²) < 4.78 is 32.9. The van der Waals surface area contributed by atoms with Crippen molar-refractivity contribution in [2.24, 2.45) is 11.8 Å². The van der Waals surface area contributed by atoms with E-state index >= 15 is 0 Å². The summed E-state index contributed by atoms with van der Waals surface area (Å²) in [6.45, 7) is 11.2. The number of methoxy groups -OCH3 is 1. The first kappa shape index (κ1) is 26.8. The van der Waals surface area contributed by atoms with Gasteiger partial charge in [-0.3, -0.25) is 4.79 Å². The Hall–Kier alpha value is -2.27. The van der Waals surface area contributed by atoms with Gasteiger partial charge in [-0.2, -0.15) is 4.31 Å². The van der Waals surface area contributed by atoms with E-state index in [1.165, 1.54) is 47.6 Å². The molecule has 8 nitrogen and oxygen atoms in total. The number of hydrogen-bond donors (Lipinski definition) is 2. The first-order valence-electron chi connectivity index (χ1n) is 12.5. The van der Waals surface area contributed by atoms with E-state index < -0.39 is 21.9 Å². The van der Waals surface area contributed by atoms with Gasteiger partial charge in [-0.1, -0.05) is 13.8 Å². The van der Waals surface area contributed by atoms with Gasteiger partial charge in [-0.15, -0.1) is 11.3 Å². The first-order chi connectivity index (χ1) is 17.0. The quantitative estimate of drug-likeness (QED) is 0.556. The van der Waals surface area contributed by atoms with Crippen LogP contribution in [0.3, 0.4) is 0 Å². The average molecular weight is 535 g/mol. The van der Waals surface area contributed by atoms with Gasteiger partial charge in [0.15, 0.2) is 0 Å². The molecule has 3 atom stereocenters. The zero-order valence-corrected chi connectivity index (χ0v) is 23.2. The Bertz CT molecular complexity index is 1230. The van der Waals surface area contributed by atoms with E-state index in [9.17, 15) is 18.0 Å². The third-order valence-electron chi connectivity index (χ3n) is 7.20. The lowest BCUT2D eigenvalue weighted by Gasteiger charge is -2.34. The largest absolute Gasteiger partial charge is 0.465 e. The van der Waals surface area contributed by atoms with Crippen LogP contribution in [0.4, 0.5) is 5.00 Å². The van der Waals surface area contributed by atoms with E-state index in [1.54, 1.807) is 4.31 Å². The van der Waals surface area contributed by atoms with E-state index in [0.29, 0.717) is 47.1 Å². The molecule has 2 aliphatic rings. The lowest BCUT2D eigenvalue weighted by atomic mass is 9.94. The summed E-state index contributed by atoms with van der Waals surface area (Å²) in [5.41, 5.74) is 1.71. The Balaban J connectivity index is 1.54. The highest BCUT2D eigenvalue weighted by Crippen LogP contribution is 2.36. The second-order valence-electron chi connectivity index (χ2n) is 10.4. The smallest absolute Gasteiger partial charge is 0.341 e. The molecule has 3 unspecified atom stereocenters. The molecule has 2 aromatic rings. The van der Waals surface area contributed by atoms with Gasteiger partial charge in [-0.05, 0) is 61.9 Å². The molecule has 0 saturated carbocycles. The van der Waals surface area contributed by atoms with Crippen LogP contribution in [0.1, 0.15) is 65.3 Å². The van der Waals surface area contributed by atoms with Crippen LogP contribution in [0.5, 0.6) is 0 Å². The summed E-state index contributed by atoms with van der Waals surface area (Å²) in [6, 6.07) is 6.48. The monoisotopic (exact) mass is 534 g/mol. The summed E-state index contributed by atoms with van der Waals surface area (Å²) in [5, 5.41) is 3.37. The van der Waals surface area contributed by atoms with Crippen LogP contribution in [0, 0.1) is 11.8 Å². The average Bonchev–Trinajstić information content (AvgIpc) is 3.19. The lowest BCUT2D eigenvalue weighted by molar-refractivity contribution is -0.936. The molecule has 1 aromatic carbocycles. The van der Waals surface area contributed by atoms with Gasteiger partial charge in [0.1, 0.15) is 11.5 Å². The molecule has 196 valence electrons. The zero-order chi connectivity index (χ0) is 26.2. The fourth-order valence-electron chi connectivity index (χ4n) is 5.30. The lowest BCUT2D eigenvalue weighted by Crippen LogP contribution is -3.14. The van der Waals surface area contributed by atoms with Crippen molar-refractivity contribution in [3.05, 3.63) is 45.8 Å². The van der Waals surface area contributed by atoms with Crippen LogP contribution in [-0.2, 0) is 27.7 Å². The van der Waals surface area contributed by atoms with Crippen molar-refractivity contribution in [1.82, 2.24) is 4.31 Å². The van der Waals surface area contributed by atoms with Crippen molar-refractivity contribution in [3.8, 4) is 0 Å². The number of benzene rings is 1. The van der Waals surface area contributed by atoms with Gasteiger partial charge in [0, 0.05) is 25.1 Å². The summed E-state index contributed by atoms with van der Waals surface area (Å²) in [6.07, 6.45) is 1.77. The Labute approximate surface area is 217 Å². The van der Waals surface area contributed by atoms with Crippen molar-refractivity contribution < 1.29 is 27.6 Å². The molecule has 3 heterocycles.